The van der Waals surface area contributed by atoms with Crippen LogP contribution in [0.1, 0.15) is 0 Å². The molecule has 4 heterocycles. The van der Waals surface area contributed by atoms with Crippen molar-refractivity contribution in [3.8, 4) is 67.9 Å². The largest absolute Gasteiger partial charge is 0.245 e. The zero-order chi connectivity index (χ0) is 37.7. The summed E-state index contributed by atoms with van der Waals surface area (Å²) in [7, 11) is 0. The quantitative estimate of drug-likeness (QED) is 0.158. The molecule has 0 amide bonds. The van der Waals surface area contributed by atoms with Crippen LogP contribution in [0, 0.1) is 0 Å². The normalized spacial score (nSPS) is 11.5. The Morgan fingerprint density at radius 1 is 0.333 bits per heavy atom. The third kappa shape index (κ3) is 6.07. The lowest BCUT2D eigenvalue weighted by Crippen LogP contribution is -2.00. The van der Waals surface area contributed by atoms with Gasteiger partial charge in [0.15, 0.2) is 23.3 Å². The van der Waals surface area contributed by atoms with Crippen molar-refractivity contribution in [1.29, 1.82) is 0 Å². The zero-order valence-corrected chi connectivity index (χ0v) is 31.2. The van der Waals surface area contributed by atoms with Gasteiger partial charge >= 0.3 is 0 Å². The van der Waals surface area contributed by atoms with Crippen molar-refractivity contribution >= 4 is 53.3 Å². The average Bonchev–Trinajstić information content (AvgIpc) is 3.67. The third-order valence-corrected chi connectivity index (χ3v) is 11.5. The molecular weight excluding hydrogens is 717 g/mol. The molecule has 0 fully saturated rings. The van der Waals surface area contributed by atoms with Crippen LogP contribution in [0.5, 0.6) is 0 Å². The van der Waals surface area contributed by atoms with Crippen molar-refractivity contribution < 1.29 is 0 Å². The van der Waals surface area contributed by atoms with Gasteiger partial charge in [-0.1, -0.05) is 146 Å². The number of nitrogens with zero attached hydrogens (tertiary/aromatic N) is 6. The van der Waals surface area contributed by atoms with Crippen molar-refractivity contribution in [2.75, 3.05) is 0 Å². The van der Waals surface area contributed by atoms with Crippen molar-refractivity contribution in [2.24, 2.45) is 0 Å². The Morgan fingerprint density at radius 3 is 1.44 bits per heavy atom. The van der Waals surface area contributed by atoms with Crippen molar-refractivity contribution in [1.82, 2.24) is 29.9 Å². The number of rotatable bonds is 6. The maximum absolute atomic E-state index is 5.27. The Hall–Kier alpha value is -7.48. The van der Waals surface area contributed by atoms with Crippen LogP contribution in [0.3, 0.4) is 0 Å². The van der Waals surface area contributed by atoms with Crippen LogP contribution < -0.4 is 0 Å². The Morgan fingerprint density at radius 2 is 0.807 bits per heavy atom. The summed E-state index contributed by atoms with van der Waals surface area (Å²) in [5.41, 5.74) is 8.74. The lowest BCUT2D eigenvalue weighted by atomic mass is 10.0. The van der Waals surface area contributed by atoms with Gasteiger partial charge in [-0.05, 0) is 63.0 Å². The minimum atomic E-state index is 0.591. The molecule has 0 spiro atoms. The summed E-state index contributed by atoms with van der Waals surface area (Å²) in [4.78, 5) is 31.0. The number of hydrogen-bond acceptors (Lipinski definition) is 7. The van der Waals surface area contributed by atoms with E-state index in [1.807, 2.05) is 60.8 Å². The summed E-state index contributed by atoms with van der Waals surface area (Å²) in [5.74, 6) is 2.47. The number of aromatic nitrogens is 6. The average molecular weight is 747 g/mol. The molecule has 11 rings (SSSR count). The summed E-state index contributed by atoms with van der Waals surface area (Å²) in [6.45, 7) is 0. The first-order valence-electron chi connectivity index (χ1n) is 18.8. The van der Waals surface area contributed by atoms with Crippen LogP contribution in [0.15, 0.2) is 182 Å². The molecule has 0 N–H and O–H groups in total. The molecule has 0 saturated carbocycles. The monoisotopic (exact) mass is 746 g/mol. The molecule has 0 atom stereocenters. The van der Waals surface area contributed by atoms with E-state index >= 15 is 0 Å². The maximum atomic E-state index is 5.27. The van der Waals surface area contributed by atoms with E-state index in [9.17, 15) is 0 Å². The van der Waals surface area contributed by atoms with Gasteiger partial charge in [0.2, 0.25) is 0 Å². The summed E-state index contributed by atoms with van der Waals surface area (Å²) in [5, 5.41) is 5.82. The molecule has 0 saturated heterocycles. The van der Waals surface area contributed by atoms with E-state index in [1.165, 1.54) is 21.5 Å². The van der Waals surface area contributed by atoms with Gasteiger partial charge in [-0.15, -0.1) is 11.3 Å². The summed E-state index contributed by atoms with van der Waals surface area (Å²) in [6, 6.07) is 60.6. The lowest BCUT2D eigenvalue weighted by Gasteiger charge is -2.10. The van der Waals surface area contributed by atoms with Crippen LogP contribution in [0.25, 0.3) is 110 Å². The summed E-state index contributed by atoms with van der Waals surface area (Å²) in [6.07, 6.45) is 1.83. The number of pyridine rings is 1. The third-order valence-electron chi connectivity index (χ3n) is 10.4. The highest BCUT2D eigenvalue weighted by atomic mass is 32.1. The minimum absolute atomic E-state index is 0.591. The predicted molar refractivity (Wildman–Crippen MR) is 234 cm³/mol. The molecular formula is C50H30N6S. The van der Waals surface area contributed by atoms with E-state index in [4.69, 9.17) is 29.9 Å². The molecule has 0 radical (unpaired) electrons. The van der Waals surface area contributed by atoms with Gasteiger partial charge < -0.3 is 0 Å². The first-order valence-corrected chi connectivity index (χ1v) is 19.6. The van der Waals surface area contributed by atoms with Crippen LogP contribution >= 0.6 is 11.3 Å². The standard InChI is InChI=1S/C50H30N6S/c1-3-10-31(11-4-1)32-17-19-35(20-18-32)48-54-47(33-12-5-2-6-13-33)55-49(56-48)36-23-21-34(22-24-36)46-52-43(45-44(53-46)42-16-9-27-51-50(42)57-45)40-26-25-39-28-37-14-7-8-15-38(37)29-41(39)30-40/h1-30H. The molecule has 0 aliphatic rings. The Balaban J connectivity index is 1.01. The van der Waals surface area contributed by atoms with Crippen molar-refractivity contribution in [2.45, 2.75) is 0 Å². The summed E-state index contributed by atoms with van der Waals surface area (Å²) >= 11 is 1.63. The van der Waals surface area contributed by atoms with Gasteiger partial charge in [-0.25, -0.2) is 29.9 Å². The van der Waals surface area contributed by atoms with Gasteiger partial charge in [0.05, 0.1) is 15.9 Å². The van der Waals surface area contributed by atoms with Gasteiger partial charge in [-0.3, -0.25) is 0 Å². The highest BCUT2D eigenvalue weighted by Crippen LogP contribution is 2.40. The van der Waals surface area contributed by atoms with E-state index in [0.29, 0.717) is 23.3 Å². The van der Waals surface area contributed by atoms with E-state index in [2.05, 4.69) is 121 Å². The molecule has 0 aliphatic heterocycles. The number of hydrogen-bond donors (Lipinski definition) is 0. The van der Waals surface area contributed by atoms with Crippen LogP contribution in [-0.4, -0.2) is 29.9 Å². The topological polar surface area (TPSA) is 77.3 Å². The van der Waals surface area contributed by atoms with Crippen molar-refractivity contribution in [3.63, 3.8) is 0 Å². The molecule has 0 unspecified atom stereocenters. The molecule has 57 heavy (non-hydrogen) atoms. The number of thiophene rings is 1. The van der Waals surface area contributed by atoms with Crippen molar-refractivity contribution in [3.05, 3.63) is 182 Å². The second kappa shape index (κ2) is 13.7. The Bertz CT molecular complexity index is 3270. The van der Waals surface area contributed by atoms with E-state index in [1.54, 1.807) is 11.3 Å². The Kier molecular flexibility index (Phi) is 7.89. The second-order valence-electron chi connectivity index (χ2n) is 14.0. The maximum Gasteiger partial charge on any atom is 0.164 e. The van der Waals surface area contributed by atoms with E-state index in [0.717, 1.165) is 65.1 Å². The minimum Gasteiger partial charge on any atom is -0.245 e. The molecule has 11 aromatic rings. The lowest BCUT2D eigenvalue weighted by molar-refractivity contribution is 1.07. The number of fused-ring (bicyclic) bond motifs is 5. The van der Waals surface area contributed by atoms with Gasteiger partial charge in [0.25, 0.3) is 0 Å². The van der Waals surface area contributed by atoms with E-state index in [-0.39, 0.29) is 0 Å². The van der Waals surface area contributed by atoms with Crippen LogP contribution in [-0.2, 0) is 0 Å². The van der Waals surface area contributed by atoms with Gasteiger partial charge in [-0.2, -0.15) is 0 Å². The van der Waals surface area contributed by atoms with Gasteiger partial charge in [0, 0.05) is 39.4 Å². The number of benzene rings is 7. The SMILES string of the molecule is c1ccc(-c2ccc(-c3nc(-c4ccccc4)nc(-c4ccc(-c5nc(-c6ccc7cc8ccccc8cc7c6)c6sc7ncccc7c6n5)cc4)n3)cc2)cc1. The van der Waals surface area contributed by atoms with Crippen LogP contribution in [0.2, 0.25) is 0 Å². The molecule has 0 aliphatic carbocycles. The molecule has 0 bridgehead atoms. The fraction of sp³-hybridized carbons (Fsp3) is 0. The molecule has 7 aromatic carbocycles. The fourth-order valence-corrected chi connectivity index (χ4v) is 8.55. The second-order valence-corrected chi connectivity index (χ2v) is 15.0. The molecule has 6 nitrogen and oxygen atoms in total. The van der Waals surface area contributed by atoms with E-state index < -0.39 is 0 Å². The highest BCUT2D eigenvalue weighted by Gasteiger charge is 2.19. The van der Waals surface area contributed by atoms with Gasteiger partial charge in [0.1, 0.15) is 4.83 Å². The smallest absolute Gasteiger partial charge is 0.164 e. The fourth-order valence-electron chi connectivity index (χ4n) is 7.45. The Labute approximate surface area is 331 Å². The summed E-state index contributed by atoms with van der Waals surface area (Å²) < 4.78 is 1.02. The predicted octanol–water partition coefficient (Wildman–Crippen LogP) is 12.7. The highest BCUT2D eigenvalue weighted by molar-refractivity contribution is 7.25. The first kappa shape index (κ1) is 32.9. The molecule has 4 aromatic heterocycles. The first-order chi connectivity index (χ1) is 28.2. The molecule has 7 heteroatoms. The molecule has 266 valence electrons. The zero-order valence-electron chi connectivity index (χ0n) is 30.4. The van der Waals surface area contributed by atoms with Crippen LogP contribution in [0.4, 0.5) is 0 Å².